The average molecular weight is 272 g/mol. The van der Waals surface area contributed by atoms with Gasteiger partial charge in [-0.1, -0.05) is 12.1 Å². The van der Waals surface area contributed by atoms with Gasteiger partial charge in [-0.3, -0.25) is 4.79 Å². The van der Waals surface area contributed by atoms with Crippen molar-refractivity contribution in [3.05, 3.63) is 59.4 Å². The summed E-state index contributed by atoms with van der Waals surface area (Å²) in [5, 5.41) is 0. The summed E-state index contributed by atoms with van der Waals surface area (Å²) in [6, 6.07) is 11.2. The Hall–Kier alpha value is -2.36. The summed E-state index contributed by atoms with van der Waals surface area (Å²) >= 11 is 0. The number of carbonyl (C=O) groups is 1. The van der Waals surface area contributed by atoms with Crippen molar-refractivity contribution in [2.45, 2.75) is 6.42 Å². The highest BCUT2D eigenvalue weighted by Crippen LogP contribution is 2.31. The fraction of sp³-hybridized carbons (Fsp3) is 0.188. The van der Waals surface area contributed by atoms with E-state index in [1.165, 1.54) is 12.1 Å². The van der Waals surface area contributed by atoms with Crippen LogP contribution in [0.3, 0.4) is 0 Å². The van der Waals surface area contributed by atoms with Gasteiger partial charge in [0.25, 0.3) is 0 Å². The Morgan fingerprint density at radius 2 is 1.85 bits per heavy atom. The number of Topliss-reactive ketones (excluding diaryl/α,β-unsaturated/α-hetero) is 1. The van der Waals surface area contributed by atoms with E-state index in [0.29, 0.717) is 35.8 Å². The molecule has 2 aromatic rings. The Balaban J connectivity index is 1.80. The number of hydrogen-bond donors (Lipinski definition) is 0. The topological polar surface area (TPSA) is 35.5 Å². The van der Waals surface area contributed by atoms with Gasteiger partial charge in [0.05, 0.1) is 0 Å². The molecule has 1 aliphatic rings. The SMILES string of the molecule is O=C(Cc1cccc(F)c1)c1ccc2c(c1)OCCO2. The Bertz CT molecular complexity index is 652. The monoisotopic (exact) mass is 272 g/mol. The van der Waals surface area contributed by atoms with Crippen molar-refractivity contribution in [3.63, 3.8) is 0 Å². The summed E-state index contributed by atoms with van der Waals surface area (Å²) in [5.41, 5.74) is 1.20. The minimum Gasteiger partial charge on any atom is -0.486 e. The number of rotatable bonds is 3. The zero-order valence-electron chi connectivity index (χ0n) is 10.8. The molecule has 0 aliphatic carbocycles. The number of carbonyl (C=O) groups excluding carboxylic acids is 1. The maximum Gasteiger partial charge on any atom is 0.167 e. The third-order valence-electron chi connectivity index (χ3n) is 3.12. The molecule has 0 saturated carbocycles. The van der Waals surface area contributed by atoms with Crippen molar-refractivity contribution in [1.29, 1.82) is 0 Å². The van der Waals surface area contributed by atoms with Crippen LogP contribution in [0, 0.1) is 5.82 Å². The Morgan fingerprint density at radius 3 is 2.65 bits per heavy atom. The molecule has 1 aliphatic heterocycles. The molecule has 2 aromatic carbocycles. The Kier molecular flexibility index (Phi) is 3.37. The van der Waals surface area contributed by atoms with Crippen molar-refractivity contribution in [2.75, 3.05) is 13.2 Å². The molecule has 0 fully saturated rings. The van der Waals surface area contributed by atoms with Gasteiger partial charge >= 0.3 is 0 Å². The lowest BCUT2D eigenvalue weighted by molar-refractivity contribution is 0.0991. The lowest BCUT2D eigenvalue weighted by Crippen LogP contribution is -2.16. The van der Waals surface area contributed by atoms with Crippen molar-refractivity contribution >= 4 is 5.78 Å². The summed E-state index contributed by atoms with van der Waals surface area (Å²) in [6.45, 7) is 0.998. The molecule has 0 spiro atoms. The van der Waals surface area contributed by atoms with Crippen molar-refractivity contribution < 1.29 is 18.7 Å². The molecule has 0 amide bonds. The van der Waals surface area contributed by atoms with Crippen LogP contribution in [-0.2, 0) is 6.42 Å². The summed E-state index contributed by atoms with van der Waals surface area (Å²) in [7, 11) is 0. The van der Waals surface area contributed by atoms with Crippen molar-refractivity contribution in [2.24, 2.45) is 0 Å². The van der Waals surface area contributed by atoms with E-state index >= 15 is 0 Å². The van der Waals surface area contributed by atoms with Crippen LogP contribution in [0.4, 0.5) is 4.39 Å². The van der Waals surface area contributed by atoms with Gasteiger partial charge in [0, 0.05) is 12.0 Å². The number of halogens is 1. The Labute approximate surface area is 115 Å². The predicted octanol–water partition coefficient (Wildman–Crippen LogP) is 3.02. The maximum absolute atomic E-state index is 13.1. The zero-order valence-corrected chi connectivity index (χ0v) is 10.8. The van der Waals surface area contributed by atoms with Crippen LogP contribution in [0.1, 0.15) is 15.9 Å². The van der Waals surface area contributed by atoms with Crippen LogP contribution in [0.25, 0.3) is 0 Å². The fourth-order valence-corrected chi connectivity index (χ4v) is 2.15. The van der Waals surface area contributed by atoms with E-state index in [9.17, 15) is 9.18 Å². The number of ether oxygens (including phenoxy) is 2. The minimum absolute atomic E-state index is 0.0763. The summed E-state index contributed by atoms with van der Waals surface area (Å²) in [5.74, 6) is 0.824. The molecule has 0 unspecified atom stereocenters. The quantitative estimate of drug-likeness (QED) is 0.806. The van der Waals surface area contributed by atoms with Crippen LogP contribution < -0.4 is 9.47 Å². The second kappa shape index (κ2) is 5.33. The molecule has 0 bridgehead atoms. The van der Waals surface area contributed by atoms with Gasteiger partial charge in [-0.2, -0.15) is 0 Å². The van der Waals surface area contributed by atoms with E-state index in [1.807, 2.05) is 0 Å². The first kappa shape index (κ1) is 12.7. The molecule has 0 radical (unpaired) electrons. The lowest BCUT2D eigenvalue weighted by Gasteiger charge is -2.18. The van der Waals surface area contributed by atoms with Crippen LogP contribution >= 0.6 is 0 Å². The summed E-state index contributed by atoms with van der Waals surface area (Å²) in [6.07, 6.45) is 0.164. The number of hydrogen-bond acceptors (Lipinski definition) is 3. The summed E-state index contributed by atoms with van der Waals surface area (Å²) < 4.78 is 23.9. The first-order valence-electron chi connectivity index (χ1n) is 6.40. The zero-order chi connectivity index (χ0) is 13.9. The van der Waals surface area contributed by atoms with E-state index in [1.54, 1.807) is 30.3 Å². The van der Waals surface area contributed by atoms with E-state index < -0.39 is 0 Å². The third kappa shape index (κ3) is 2.64. The minimum atomic E-state index is -0.336. The van der Waals surface area contributed by atoms with Gasteiger partial charge in [-0.25, -0.2) is 4.39 Å². The fourth-order valence-electron chi connectivity index (χ4n) is 2.15. The lowest BCUT2D eigenvalue weighted by atomic mass is 10.0. The smallest absolute Gasteiger partial charge is 0.167 e. The van der Waals surface area contributed by atoms with Crippen LogP contribution in [0.2, 0.25) is 0 Å². The summed E-state index contributed by atoms with van der Waals surface area (Å²) in [4.78, 5) is 12.2. The second-order valence-electron chi connectivity index (χ2n) is 4.59. The van der Waals surface area contributed by atoms with Gasteiger partial charge in [0.1, 0.15) is 19.0 Å². The van der Waals surface area contributed by atoms with Gasteiger partial charge in [-0.15, -0.1) is 0 Å². The van der Waals surface area contributed by atoms with Gasteiger partial charge < -0.3 is 9.47 Å². The molecular formula is C16H13FO3. The standard InChI is InChI=1S/C16H13FO3/c17-13-3-1-2-11(8-13)9-14(18)12-4-5-15-16(10-12)20-7-6-19-15/h1-5,8,10H,6-7,9H2. The molecule has 0 aromatic heterocycles. The molecule has 102 valence electrons. The highest BCUT2D eigenvalue weighted by molar-refractivity contribution is 5.98. The number of fused-ring (bicyclic) bond motifs is 1. The molecule has 1 heterocycles. The van der Waals surface area contributed by atoms with Crippen LogP contribution in [0.5, 0.6) is 11.5 Å². The highest BCUT2D eigenvalue weighted by Gasteiger charge is 2.15. The average Bonchev–Trinajstić information content (AvgIpc) is 2.47. The maximum atomic E-state index is 13.1. The van der Waals surface area contributed by atoms with Crippen LogP contribution in [-0.4, -0.2) is 19.0 Å². The van der Waals surface area contributed by atoms with E-state index in [-0.39, 0.29) is 18.0 Å². The molecule has 20 heavy (non-hydrogen) atoms. The molecule has 3 nitrogen and oxygen atoms in total. The van der Waals surface area contributed by atoms with E-state index in [2.05, 4.69) is 0 Å². The molecule has 0 atom stereocenters. The van der Waals surface area contributed by atoms with Gasteiger partial charge in [0.15, 0.2) is 17.3 Å². The molecule has 4 heteroatoms. The molecule has 0 saturated heterocycles. The first-order chi connectivity index (χ1) is 9.72. The van der Waals surface area contributed by atoms with Gasteiger partial charge in [-0.05, 0) is 35.9 Å². The van der Waals surface area contributed by atoms with E-state index in [0.717, 1.165) is 0 Å². The Morgan fingerprint density at radius 1 is 1.05 bits per heavy atom. The second-order valence-corrected chi connectivity index (χ2v) is 4.59. The molecule has 3 rings (SSSR count). The predicted molar refractivity (Wildman–Crippen MR) is 71.9 cm³/mol. The largest absolute Gasteiger partial charge is 0.486 e. The van der Waals surface area contributed by atoms with Gasteiger partial charge in [0.2, 0.25) is 0 Å². The van der Waals surface area contributed by atoms with Crippen molar-refractivity contribution in [1.82, 2.24) is 0 Å². The molecular weight excluding hydrogens is 259 g/mol. The first-order valence-corrected chi connectivity index (χ1v) is 6.40. The number of ketones is 1. The third-order valence-corrected chi connectivity index (χ3v) is 3.12. The molecule has 0 N–H and O–H groups in total. The van der Waals surface area contributed by atoms with Crippen LogP contribution in [0.15, 0.2) is 42.5 Å². The van der Waals surface area contributed by atoms with Crippen molar-refractivity contribution in [3.8, 4) is 11.5 Å². The number of benzene rings is 2. The normalized spacial score (nSPS) is 13.1. The van der Waals surface area contributed by atoms with E-state index in [4.69, 9.17) is 9.47 Å². The highest BCUT2D eigenvalue weighted by atomic mass is 19.1.